The zero-order valence-corrected chi connectivity index (χ0v) is 11.2. The normalized spacial score (nSPS) is 9.50. The summed E-state index contributed by atoms with van der Waals surface area (Å²) >= 11 is 5.91. The molecule has 0 fully saturated rings. The van der Waals surface area contributed by atoms with E-state index in [0.717, 1.165) is 18.4 Å². The molecule has 0 saturated carbocycles. The number of carbonyl (C=O) groups excluding carboxylic acids is 1. The maximum Gasteiger partial charge on any atom is 0.224 e. The first kappa shape index (κ1) is 14.6. The van der Waals surface area contributed by atoms with Gasteiger partial charge in [-0.15, -0.1) is 0 Å². The molecular formula is C14H17ClN2O. The van der Waals surface area contributed by atoms with Gasteiger partial charge in [0.2, 0.25) is 5.91 Å². The van der Waals surface area contributed by atoms with Crippen molar-refractivity contribution in [3.8, 4) is 11.8 Å². The molecule has 0 atom stereocenters. The molecule has 0 radical (unpaired) electrons. The lowest BCUT2D eigenvalue weighted by Crippen LogP contribution is -2.12. The van der Waals surface area contributed by atoms with E-state index >= 15 is 0 Å². The number of halogens is 1. The molecule has 4 heteroatoms. The first-order chi connectivity index (χ1) is 8.67. The van der Waals surface area contributed by atoms with Gasteiger partial charge in [-0.05, 0) is 24.6 Å². The van der Waals surface area contributed by atoms with E-state index in [-0.39, 0.29) is 12.5 Å². The summed E-state index contributed by atoms with van der Waals surface area (Å²) in [6.07, 6.45) is 2.37. The number of nitrogens with two attached hydrogens (primary N) is 1. The van der Waals surface area contributed by atoms with Crippen LogP contribution in [0.4, 0.5) is 5.69 Å². The highest BCUT2D eigenvalue weighted by Crippen LogP contribution is 2.20. The van der Waals surface area contributed by atoms with Crippen molar-refractivity contribution in [2.45, 2.75) is 26.2 Å². The van der Waals surface area contributed by atoms with Crippen molar-refractivity contribution in [3.05, 3.63) is 28.8 Å². The molecule has 96 valence electrons. The zero-order valence-electron chi connectivity index (χ0n) is 10.4. The van der Waals surface area contributed by atoms with Gasteiger partial charge in [-0.1, -0.05) is 36.8 Å². The number of hydrogen-bond acceptors (Lipinski definition) is 2. The van der Waals surface area contributed by atoms with E-state index < -0.39 is 0 Å². The fourth-order valence-corrected chi connectivity index (χ4v) is 1.60. The lowest BCUT2D eigenvalue weighted by atomic mass is 10.1. The average molecular weight is 265 g/mol. The molecule has 1 amide bonds. The van der Waals surface area contributed by atoms with Crippen LogP contribution in [0.15, 0.2) is 18.2 Å². The largest absolute Gasteiger partial charge is 0.325 e. The third-order valence-corrected chi connectivity index (χ3v) is 2.57. The number of benzene rings is 1. The van der Waals surface area contributed by atoms with Crippen molar-refractivity contribution in [2.24, 2.45) is 5.73 Å². The van der Waals surface area contributed by atoms with Gasteiger partial charge in [-0.25, -0.2) is 0 Å². The van der Waals surface area contributed by atoms with Gasteiger partial charge in [0.25, 0.3) is 0 Å². The van der Waals surface area contributed by atoms with Crippen LogP contribution in [0.1, 0.15) is 31.7 Å². The van der Waals surface area contributed by atoms with Gasteiger partial charge in [0.1, 0.15) is 0 Å². The highest BCUT2D eigenvalue weighted by atomic mass is 35.5. The Kier molecular flexibility index (Phi) is 6.27. The van der Waals surface area contributed by atoms with Crippen molar-refractivity contribution in [1.82, 2.24) is 0 Å². The van der Waals surface area contributed by atoms with E-state index in [1.165, 1.54) is 0 Å². The Hall–Kier alpha value is -1.50. The molecule has 0 aliphatic carbocycles. The monoisotopic (exact) mass is 264 g/mol. The summed E-state index contributed by atoms with van der Waals surface area (Å²) in [4.78, 5) is 11.7. The van der Waals surface area contributed by atoms with Crippen LogP contribution in [0.3, 0.4) is 0 Å². The fourth-order valence-electron chi connectivity index (χ4n) is 1.43. The van der Waals surface area contributed by atoms with Crippen LogP contribution in [-0.4, -0.2) is 12.5 Å². The molecule has 0 aliphatic heterocycles. The summed E-state index contributed by atoms with van der Waals surface area (Å²) in [6.45, 7) is 2.33. The van der Waals surface area contributed by atoms with Gasteiger partial charge in [0.15, 0.2) is 0 Å². The quantitative estimate of drug-likeness (QED) is 0.822. The molecule has 0 unspecified atom stereocenters. The van der Waals surface area contributed by atoms with Crippen LogP contribution < -0.4 is 11.1 Å². The smallest absolute Gasteiger partial charge is 0.224 e. The number of nitrogens with one attached hydrogen (secondary N) is 1. The predicted octanol–water partition coefficient (Wildman–Crippen LogP) is 2.78. The summed E-state index contributed by atoms with van der Waals surface area (Å²) in [5.74, 6) is 5.66. The molecule has 0 aliphatic rings. The summed E-state index contributed by atoms with van der Waals surface area (Å²) < 4.78 is 0. The molecule has 0 heterocycles. The first-order valence-corrected chi connectivity index (χ1v) is 6.33. The summed E-state index contributed by atoms with van der Waals surface area (Å²) in [5.41, 5.74) is 6.71. The summed E-state index contributed by atoms with van der Waals surface area (Å²) in [6, 6.07) is 5.22. The Bertz CT molecular complexity index is 474. The Balaban J connectivity index is 2.85. The van der Waals surface area contributed by atoms with E-state index in [9.17, 15) is 4.79 Å². The average Bonchev–Trinajstić information content (AvgIpc) is 2.35. The molecule has 3 nitrogen and oxygen atoms in total. The molecule has 3 N–H and O–H groups in total. The van der Waals surface area contributed by atoms with Gasteiger partial charge in [0.05, 0.1) is 12.2 Å². The second-order valence-electron chi connectivity index (χ2n) is 3.85. The summed E-state index contributed by atoms with van der Waals surface area (Å²) in [7, 11) is 0. The number of rotatable bonds is 4. The molecule has 0 bridgehead atoms. The van der Waals surface area contributed by atoms with Crippen LogP contribution in [0, 0.1) is 11.8 Å². The molecule has 1 rings (SSSR count). The summed E-state index contributed by atoms with van der Waals surface area (Å²) in [5, 5.41) is 3.40. The maximum atomic E-state index is 11.7. The van der Waals surface area contributed by atoms with Gasteiger partial charge in [0, 0.05) is 17.0 Å². The predicted molar refractivity (Wildman–Crippen MR) is 75.5 cm³/mol. The molecule has 0 spiro atoms. The minimum atomic E-state index is -0.0186. The van der Waals surface area contributed by atoms with Crippen molar-refractivity contribution in [1.29, 1.82) is 0 Å². The van der Waals surface area contributed by atoms with Crippen LogP contribution in [0.5, 0.6) is 0 Å². The van der Waals surface area contributed by atoms with Crippen molar-refractivity contribution in [2.75, 3.05) is 11.9 Å². The van der Waals surface area contributed by atoms with Crippen molar-refractivity contribution in [3.63, 3.8) is 0 Å². The van der Waals surface area contributed by atoms with Crippen LogP contribution in [-0.2, 0) is 4.79 Å². The van der Waals surface area contributed by atoms with E-state index in [1.54, 1.807) is 18.2 Å². The standard InChI is InChI=1S/C14H17ClN2O/c1-2-3-6-14(18)17-13-10-12(15)8-7-11(13)5-4-9-16/h7-8,10H,2-3,6,9,16H2,1H3,(H,17,18). The Morgan fingerprint density at radius 1 is 1.50 bits per heavy atom. The second-order valence-corrected chi connectivity index (χ2v) is 4.28. The highest BCUT2D eigenvalue weighted by molar-refractivity contribution is 6.31. The minimum absolute atomic E-state index is 0.0186. The van der Waals surface area contributed by atoms with Gasteiger partial charge < -0.3 is 11.1 Å². The molecule has 18 heavy (non-hydrogen) atoms. The first-order valence-electron chi connectivity index (χ1n) is 5.95. The van der Waals surface area contributed by atoms with E-state index in [4.69, 9.17) is 17.3 Å². The number of amides is 1. The molecule has 1 aromatic carbocycles. The number of anilines is 1. The van der Waals surface area contributed by atoms with E-state index in [1.807, 2.05) is 6.92 Å². The lowest BCUT2D eigenvalue weighted by molar-refractivity contribution is -0.116. The Morgan fingerprint density at radius 3 is 2.94 bits per heavy atom. The third kappa shape index (κ3) is 4.79. The third-order valence-electron chi connectivity index (χ3n) is 2.34. The number of hydrogen-bond donors (Lipinski definition) is 2. The maximum absolute atomic E-state index is 11.7. The van der Waals surface area contributed by atoms with Crippen LogP contribution >= 0.6 is 11.6 Å². The Labute approximate surface area is 113 Å². The van der Waals surface area contributed by atoms with E-state index in [0.29, 0.717) is 17.1 Å². The topological polar surface area (TPSA) is 55.1 Å². The number of carbonyl (C=O) groups is 1. The van der Waals surface area contributed by atoms with Crippen LogP contribution in [0.25, 0.3) is 0 Å². The lowest BCUT2D eigenvalue weighted by Gasteiger charge is -2.07. The molecule has 0 aromatic heterocycles. The molecule has 1 aromatic rings. The van der Waals surface area contributed by atoms with Gasteiger partial charge in [-0.3, -0.25) is 4.79 Å². The SMILES string of the molecule is CCCCC(=O)Nc1cc(Cl)ccc1C#CCN. The Morgan fingerprint density at radius 2 is 2.28 bits per heavy atom. The zero-order chi connectivity index (χ0) is 13.4. The second kappa shape index (κ2) is 7.75. The molecule has 0 saturated heterocycles. The minimum Gasteiger partial charge on any atom is -0.325 e. The van der Waals surface area contributed by atoms with Gasteiger partial charge in [-0.2, -0.15) is 0 Å². The van der Waals surface area contributed by atoms with E-state index in [2.05, 4.69) is 17.2 Å². The van der Waals surface area contributed by atoms with Crippen molar-refractivity contribution >= 4 is 23.2 Å². The molecular weight excluding hydrogens is 248 g/mol. The number of unbranched alkanes of at least 4 members (excludes halogenated alkanes) is 1. The van der Waals surface area contributed by atoms with Crippen molar-refractivity contribution < 1.29 is 4.79 Å². The van der Waals surface area contributed by atoms with Gasteiger partial charge >= 0.3 is 0 Å². The fraction of sp³-hybridized carbons (Fsp3) is 0.357. The highest BCUT2D eigenvalue weighted by Gasteiger charge is 2.06. The van der Waals surface area contributed by atoms with Crippen LogP contribution in [0.2, 0.25) is 5.02 Å².